The smallest absolute Gasteiger partial charge is 0.0962 e. The topological polar surface area (TPSA) is 29.3 Å². The average Bonchev–Trinajstić information content (AvgIpc) is 1.94. The molecule has 0 aromatic heterocycles. The molecule has 0 fully saturated rings. The normalized spacial score (nSPS) is 23.3. The fourth-order valence-corrected chi connectivity index (χ4v) is 0.880. The fraction of sp³-hybridized carbons (Fsp3) is 0.250. The van der Waals surface area contributed by atoms with Crippen LogP contribution in [0.15, 0.2) is 37.1 Å². The van der Waals surface area contributed by atoms with Crippen molar-refractivity contribution in [3.05, 3.63) is 37.1 Å². The number of hydrogen-bond donors (Lipinski definition) is 1. The van der Waals surface area contributed by atoms with E-state index in [0.29, 0.717) is 0 Å². The highest BCUT2D eigenvalue weighted by molar-refractivity contribution is 5.12. The minimum absolute atomic E-state index is 0.0167. The predicted molar refractivity (Wildman–Crippen MR) is 43.2 cm³/mol. The van der Waals surface area contributed by atoms with Crippen LogP contribution in [0, 0.1) is 0 Å². The molecule has 0 amide bonds. The Morgan fingerprint density at radius 2 is 2.40 bits per heavy atom. The molecule has 0 bridgehead atoms. The minimum atomic E-state index is 0.0167. The first-order chi connectivity index (χ1) is 4.84. The van der Waals surface area contributed by atoms with Gasteiger partial charge in [0.15, 0.2) is 0 Å². The lowest BCUT2D eigenvalue weighted by molar-refractivity contribution is 0.354. The molecular formula is C8H12N2. The van der Waals surface area contributed by atoms with Crippen molar-refractivity contribution in [2.45, 2.75) is 6.17 Å². The lowest BCUT2D eigenvalue weighted by Crippen LogP contribution is -2.37. The van der Waals surface area contributed by atoms with E-state index in [9.17, 15) is 0 Å². The SMILES string of the molecule is C=CCN1C=CC=CC1N. The molecule has 1 heterocycles. The van der Waals surface area contributed by atoms with Crippen LogP contribution >= 0.6 is 0 Å². The molecule has 1 atom stereocenters. The second-order valence-corrected chi connectivity index (χ2v) is 2.20. The Bertz CT molecular complexity index is 170. The van der Waals surface area contributed by atoms with Gasteiger partial charge in [-0.25, -0.2) is 0 Å². The van der Waals surface area contributed by atoms with Gasteiger partial charge in [0, 0.05) is 12.7 Å². The number of allylic oxidation sites excluding steroid dienone is 2. The van der Waals surface area contributed by atoms with E-state index in [1.54, 1.807) is 0 Å². The molecule has 0 aliphatic carbocycles. The Balaban J connectivity index is 2.52. The fourth-order valence-electron chi connectivity index (χ4n) is 0.880. The van der Waals surface area contributed by atoms with Crippen molar-refractivity contribution in [1.29, 1.82) is 0 Å². The number of nitrogens with zero attached hydrogens (tertiary/aromatic N) is 1. The second kappa shape index (κ2) is 3.22. The summed E-state index contributed by atoms with van der Waals surface area (Å²) in [5.41, 5.74) is 5.71. The molecule has 0 saturated carbocycles. The van der Waals surface area contributed by atoms with Crippen LogP contribution in [0.4, 0.5) is 0 Å². The van der Waals surface area contributed by atoms with E-state index < -0.39 is 0 Å². The van der Waals surface area contributed by atoms with Gasteiger partial charge in [-0.1, -0.05) is 12.2 Å². The molecule has 1 aliphatic heterocycles. The molecular weight excluding hydrogens is 124 g/mol. The van der Waals surface area contributed by atoms with E-state index in [0.717, 1.165) is 6.54 Å². The average molecular weight is 136 g/mol. The first kappa shape index (κ1) is 7.09. The molecule has 0 spiro atoms. The Morgan fingerprint density at radius 1 is 1.60 bits per heavy atom. The van der Waals surface area contributed by atoms with Crippen LogP contribution in [0.3, 0.4) is 0 Å². The van der Waals surface area contributed by atoms with Crippen molar-refractivity contribution < 1.29 is 0 Å². The van der Waals surface area contributed by atoms with E-state index >= 15 is 0 Å². The summed E-state index contributed by atoms with van der Waals surface area (Å²) in [4.78, 5) is 2.01. The molecule has 54 valence electrons. The highest BCUT2D eigenvalue weighted by atomic mass is 15.2. The summed E-state index contributed by atoms with van der Waals surface area (Å²) in [5, 5.41) is 0. The summed E-state index contributed by atoms with van der Waals surface area (Å²) in [6, 6.07) is 0. The van der Waals surface area contributed by atoms with Crippen LogP contribution < -0.4 is 5.73 Å². The zero-order valence-electron chi connectivity index (χ0n) is 5.90. The Hall–Kier alpha value is -1.02. The van der Waals surface area contributed by atoms with Gasteiger partial charge >= 0.3 is 0 Å². The van der Waals surface area contributed by atoms with E-state index in [4.69, 9.17) is 5.73 Å². The molecule has 1 aliphatic rings. The van der Waals surface area contributed by atoms with Crippen molar-refractivity contribution in [2.24, 2.45) is 5.73 Å². The van der Waals surface area contributed by atoms with E-state index in [2.05, 4.69) is 6.58 Å². The summed E-state index contributed by atoms with van der Waals surface area (Å²) in [6.07, 6.45) is 9.68. The van der Waals surface area contributed by atoms with Gasteiger partial charge in [0.25, 0.3) is 0 Å². The minimum Gasteiger partial charge on any atom is -0.355 e. The Labute approximate surface area is 61.3 Å². The zero-order chi connectivity index (χ0) is 7.40. The summed E-state index contributed by atoms with van der Waals surface area (Å²) in [6.45, 7) is 4.44. The summed E-state index contributed by atoms with van der Waals surface area (Å²) < 4.78 is 0. The predicted octanol–water partition coefficient (Wildman–Crippen LogP) is 0.843. The van der Waals surface area contributed by atoms with Gasteiger partial charge in [-0.15, -0.1) is 6.58 Å². The largest absolute Gasteiger partial charge is 0.355 e. The maximum atomic E-state index is 5.71. The summed E-state index contributed by atoms with van der Waals surface area (Å²) >= 11 is 0. The number of nitrogens with two attached hydrogens (primary N) is 1. The third-order valence-corrected chi connectivity index (χ3v) is 1.42. The molecule has 2 nitrogen and oxygen atoms in total. The zero-order valence-corrected chi connectivity index (χ0v) is 5.90. The molecule has 0 aromatic carbocycles. The first-order valence-electron chi connectivity index (χ1n) is 3.32. The van der Waals surface area contributed by atoms with E-state index in [-0.39, 0.29) is 6.17 Å². The molecule has 2 N–H and O–H groups in total. The molecule has 0 aromatic rings. The van der Waals surface area contributed by atoms with Crippen LogP contribution in [0.1, 0.15) is 0 Å². The molecule has 2 heteroatoms. The highest BCUT2D eigenvalue weighted by Crippen LogP contribution is 2.02. The maximum absolute atomic E-state index is 5.71. The maximum Gasteiger partial charge on any atom is 0.0962 e. The Morgan fingerprint density at radius 3 is 3.00 bits per heavy atom. The van der Waals surface area contributed by atoms with Crippen LogP contribution in [0.5, 0.6) is 0 Å². The Kier molecular flexibility index (Phi) is 2.29. The quantitative estimate of drug-likeness (QED) is 0.570. The van der Waals surface area contributed by atoms with Crippen molar-refractivity contribution in [1.82, 2.24) is 4.90 Å². The van der Waals surface area contributed by atoms with E-state index in [1.807, 2.05) is 35.4 Å². The van der Waals surface area contributed by atoms with Gasteiger partial charge in [-0.2, -0.15) is 0 Å². The molecule has 0 saturated heterocycles. The van der Waals surface area contributed by atoms with Gasteiger partial charge in [-0.05, 0) is 12.2 Å². The van der Waals surface area contributed by atoms with Crippen molar-refractivity contribution in [3.8, 4) is 0 Å². The van der Waals surface area contributed by atoms with Crippen LogP contribution in [-0.4, -0.2) is 17.6 Å². The second-order valence-electron chi connectivity index (χ2n) is 2.20. The van der Waals surface area contributed by atoms with Crippen molar-refractivity contribution >= 4 is 0 Å². The van der Waals surface area contributed by atoms with Crippen LogP contribution in [-0.2, 0) is 0 Å². The third kappa shape index (κ3) is 1.48. The lowest BCUT2D eigenvalue weighted by Gasteiger charge is -2.25. The van der Waals surface area contributed by atoms with Gasteiger partial charge in [-0.3, -0.25) is 0 Å². The lowest BCUT2D eigenvalue weighted by atomic mass is 10.3. The monoisotopic (exact) mass is 136 g/mol. The van der Waals surface area contributed by atoms with Crippen LogP contribution in [0.25, 0.3) is 0 Å². The van der Waals surface area contributed by atoms with Gasteiger partial charge in [0.2, 0.25) is 0 Å². The summed E-state index contributed by atoms with van der Waals surface area (Å²) in [7, 11) is 0. The van der Waals surface area contributed by atoms with Crippen molar-refractivity contribution in [2.75, 3.05) is 6.54 Å². The number of rotatable bonds is 2. The standard InChI is InChI=1S/C8H12N2/c1-2-6-10-7-4-3-5-8(10)9/h2-5,7-8H,1,6,9H2. The molecule has 1 rings (SSSR count). The van der Waals surface area contributed by atoms with Gasteiger partial charge in [0.1, 0.15) is 0 Å². The summed E-state index contributed by atoms with van der Waals surface area (Å²) in [5.74, 6) is 0. The van der Waals surface area contributed by atoms with Gasteiger partial charge in [0.05, 0.1) is 6.17 Å². The molecule has 10 heavy (non-hydrogen) atoms. The van der Waals surface area contributed by atoms with Gasteiger partial charge < -0.3 is 10.6 Å². The molecule has 0 radical (unpaired) electrons. The van der Waals surface area contributed by atoms with Crippen LogP contribution in [0.2, 0.25) is 0 Å². The first-order valence-corrected chi connectivity index (χ1v) is 3.32. The number of hydrogen-bond acceptors (Lipinski definition) is 2. The molecule has 1 unspecified atom stereocenters. The van der Waals surface area contributed by atoms with E-state index in [1.165, 1.54) is 0 Å². The third-order valence-electron chi connectivity index (χ3n) is 1.42. The van der Waals surface area contributed by atoms with Crippen molar-refractivity contribution in [3.63, 3.8) is 0 Å². The highest BCUT2D eigenvalue weighted by Gasteiger charge is 2.05.